The lowest BCUT2D eigenvalue weighted by Gasteiger charge is -2.11. The number of nitrogens with zero attached hydrogens (tertiary/aromatic N) is 3. The molecule has 0 aliphatic heterocycles. The average Bonchev–Trinajstić information content (AvgIpc) is 2.97. The normalized spacial score (nSPS) is 12.2. The highest BCUT2D eigenvalue weighted by Gasteiger charge is 2.19. The van der Waals surface area contributed by atoms with Crippen molar-refractivity contribution in [3.8, 4) is 0 Å². The summed E-state index contributed by atoms with van der Waals surface area (Å²) in [4.78, 5) is 6.23. The van der Waals surface area contributed by atoms with Gasteiger partial charge in [0.1, 0.15) is 5.82 Å². The van der Waals surface area contributed by atoms with E-state index >= 15 is 0 Å². The molecule has 0 aliphatic rings. The second-order valence-electron chi connectivity index (χ2n) is 6.26. The predicted octanol–water partition coefficient (Wildman–Crippen LogP) is 3.91. The number of sulfonamides is 1. The smallest absolute Gasteiger partial charge is 0.242 e. The van der Waals surface area contributed by atoms with Crippen molar-refractivity contribution in [2.75, 3.05) is 14.1 Å². The summed E-state index contributed by atoms with van der Waals surface area (Å²) < 4.78 is 28.1. The van der Waals surface area contributed by atoms with Crippen LogP contribution in [0.15, 0.2) is 52.3 Å². The maximum absolute atomic E-state index is 12.4. The number of hydrogen-bond acceptors (Lipinski definition) is 4. The number of aromatic nitrogens is 2. The van der Waals surface area contributed by atoms with E-state index in [1.807, 2.05) is 18.2 Å². The second-order valence-corrected chi connectivity index (χ2v) is 9.43. The monoisotopic (exact) mass is 389 g/mol. The third-order valence-electron chi connectivity index (χ3n) is 4.34. The molecule has 5 nitrogen and oxygen atoms in total. The minimum atomic E-state index is -3.46. The van der Waals surface area contributed by atoms with E-state index in [4.69, 9.17) is 4.98 Å². The molecule has 0 saturated heterocycles. The van der Waals surface area contributed by atoms with Gasteiger partial charge in [0.2, 0.25) is 10.0 Å². The van der Waals surface area contributed by atoms with Crippen molar-refractivity contribution in [3.05, 3.63) is 53.9 Å². The van der Waals surface area contributed by atoms with E-state index in [1.165, 1.54) is 28.9 Å². The van der Waals surface area contributed by atoms with Crippen molar-refractivity contribution in [3.63, 3.8) is 0 Å². The molecule has 0 bridgehead atoms. The van der Waals surface area contributed by atoms with Gasteiger partial charge in [-0.25, -0.2) is 17.7 Å². The van der Waals surface area contributed by atoms with Crippen molar-refractivity contribution in [2.45, 2.75) is 35.9 Å². The first-order chi connectivity index (χ1) is 12.3. The van der Waals surface area contributed by atoms with Gasteiger partial charge in [-0.1, -0.05) is 18.2 Å². The fraction of sp³-hybridized carbons (Fsp3) is 0.316. The maximum atomic E-state index is 12.4. The Hall–Kier alpha value is -1.83. The second kappa shape index (κ2) is 7.42. The van der Waals surface area contributed by atoms with E-state index in [0.29, 0.717) is 0 Å². The quantitative estimate of drug-likeness (QED) is 0.600. The summed E-state index contributed by atoms with van der Waals surface area (Å²) in [5.41, 5.74) is 2.93. The van der Waals surface area contributed by atoms with Crippen LogP contribution in [-0.2, 0) is 22.3 Å². The Kier molecular flexibility index (Phi) is 5.41. The van der Waals surface area contributed by atoms with E-state index < -0.39 is 10.0 Å². The zero-order chi connectivity index (χ0) is 18.9. The molecule has 138 valence electrons. The van der Waals surface area contributed by atoms with Crippen molar-refractivity contribution in [1.82, 2.24) is 13.9 Å². The van der Waals surface area contributed by atoms with Crippen LogP contribution in [0.4, 0.5) is 0 Å². The van der Waals surface area contributed by atoms with Crippen LogP contribution < -0.4 is 0 Å². The van der Waals surface area contributed by atoms with Gasteiger partial charge in [-0.3, -0.25) is 0 Å². The minimum Gasteiger partial charge on any atom is -0.328 e. The minimum absolute atomic E-state index is 0.272. The van der Waals surface area contributed by atoms with Crippen molar-refractivity contribution < 1.29 is 8.42 Å². The van der Waals surface area contributed by atoms with Crippen LogP contribution in [0, 0.1) is 6.92 Å². The fourth-order valence-electron chi connectivity index (χ4n) is 2.85. The SMILES string of the molecule is CCn1c(CSc2ccccc2C)nc2cc(S(=O)(=O)N(C)C)ccc21. The first-order valence-corrected chi connectivity index (χ1v) is 10.9. The van der Waals surface area contributed by atoms with Crippen molar-refractivity contribution >= 4 is 32.8 Å². The highest BCUT2D eigenvalue weighted by molar-refractivity contribution is 7.98. The molecule has 0 fully saturated rings. The summed E-state index contributed by atoms with van der Waals surface area (Å²) in [6, 6.07) is 13.5. The molecular formula is C19H23N3O2S2. The topological polar surface area (TPSA) is 55.2 Å². The number of thioether (sulfide) groups is 1. The molecule has 1 aromatic heterocycles. The molecule has 0 spiro atoms. The van der Waals surface area contributed by atoms with Crippen molar-refractivity contribution in [1.29, 1.82) is 0 Å². The van der Waals surface area contributed by atoms with E-state index in [0.717, 1.165) is 29.2 Å². The van der Waals surface area contributed by atoms with Crippen LogP contribution in [0.1, 0.15) is 18.3 Å². The number of hydrogen-bond donors (Lipinski definition) is 0. The first kappa shape index (κ1) is 18.9. The summed E-state index contributed by atoms with van der Waals surface area (Å²) in [5.74, 6) is 1.69. The average molecular weight is 390 g/mol. The lowest BCUT2D eigenvalue weighted by molar-refractivity contribution is 0.521. The molecule has 26 heavy (non-hydrogen) atoms. The molecule has 0 amide bonds. The predicted molar refractivity (Wildman–Crippen MR) is 107 cm³/mol. The third-order valence-corrected chi connectivity index (χ3v) is 7.33. The molecule has 1 heterocycles. The largest absolute Gasteiger partial charge is 0.328 e. The summed E-state index contributed by atoms with van der Waals surface area (Å²) in [6.45, 7) is 4.97. The fourth-order valence-corrected chi connectivity index (χ4v) is 4.75. The number of imidazole rings is 1. The molecule has 0 unspecified atom stereocenters. The van der Waals surface area contributed by atoms with Gasteiger partial charge >= 0.3 is 0 Å². The van der Waals surface area contributed by atoms with E-state index in [1.54, 1.807) is 23.9 Å². The Morgan fingerprint density at radius 2 is 1.88 bits per heavy atom. The highest BCUT2D eigenvalue weighted by Crippen LogP contribution is 2.28. The summed E-state index contributed by atoms with van der Waals surface area (Å²) >= 11 is 1.75. The van der Waals surface area contributed by atoms with Gasteiger partial charge in [-0.2, -0.15) is 0 Å². The van der Waals surface area contributed by atoms with Gasteiger partial charge in [0, 0.05) is 25.5 Å². The maximum Gasteiger partial charge on any atom is 0.242 e. The van der Waals surface area contributed by atoms with Crippen LogP contribution in [0.25, 0.3) is 11.0 Å². The first-order valence-electron chi connectivity index (χ1n) is 8.44. The lowest BCUT2D eigenvalue weighted by Crippen LogP contribution is -2.22. The Labute approximate surface area is 159 Å². The van der Waals surface area contributed by atoms with Gasteiger partial charge in [0.05, 0.1) is 21.7 Å². The van der Waals surface area contributed by atoms with Crippen LogP contribution in [-0.4, -0.2) is 36.4 Å². The summed E-state index contributed by atoms with van der Waals surface area (Å²) in [6.07, 6.45) is 0. The molecule has 0 saturated carbocycles. The Morgan fingerprint density at radius 1 is 1.15 bits per heavy atom. The van der Waals surface area contributed by atoms with Gasteiger partial charge in [0.15, 0.2) is 0 Å². The van der Waals surface area contributed by atoms with Crippen LogP contribution in [0.5, 0.6) is 0 Å². The molecule has 0 radical (unpaired) electrons. The third kappa shape index (κ3) is 3.51. The van der Waals surface area contributed by atoms with Crippen molar-refractivity contribution in [2.24, 2.45) is 0 Å². The Balaban J connectivity index is 1.97. The molecule has 3 rings (SSSR count). The number of benzene rings is 2. The lowest BCUT2D eigenvalue weighted by atomic mass is 10.2. The van der Waals surface area contributed by atoms with E-state index in [9.17, 15) is 8.42 Å². The summed E-state index contributed by atoms with van der Waals surface area (Å²) in [5, 5.41) is 0. The Morgan fingerprint density at radius 3 is 2.54 bits per heavy atom. The molecule has 7 heteroatoms. The highest BCUT2D eigenvalue weighted by atomic mass is 32.2. The molecule has 0 N–H and O–H groups in total. The standard InChI is InChI=1S/C19H23N3O2S2/c1-5-22-17-11-10-15(26(23,24)21(3)4)12-16(17)20-19(22)13-25-18-9-7-6-8-14(18)2/h6-12H,5,13H2,1-4H3. The van der Waals surface area contributed by atoms with Crippen LogP contribution >= 0.6 is 11.8 Å². The number of fused-ring (bicyclic) bond motifs is 1. The van der Waals surface area contributed by atoms with Crippen LogP contribution in [0.2, 0.25) is 0 Å². The molecule has 0 aliphatic carbocycles. The zero-order valence-electron chi connectivity index (χ0n) is 15.4. The van der Waals surface area contributed by atoms with E-state index in [2.05, 4.69) is 30.5 Å². The number of rotatable bonds is 6. The van der Waals surface area contributed by atoms with Gasteiger partial charge < -0.3 is 4.57 Å². The molecule has 3 aromatic rings. The molecule has 0 atom stereocenters. The van der Waals surface area contributed by atoms with Gasteiger partial charge in [-0.05, 0) is 43.7 Å². The van der Waals surface area contributed by atoms with Gasteiger partial charge in [-0.15, -0.1) is 11.8 Å². The molecule has 2 aromatic carbocycles. The Bertz CT molecular complexity index is 1040. The summed E-state index contributed by atoms with van der Waals surface area (Å²) in [7, 11) is -0.388. The zero-order valence-corrected chi connectivity index (χ0v) is 17.1. The van der Waals surface area contributed by atoms with Gasteiger partial charge in [0.25, 0.3) is 0 Å². The van der Waals surface area contributed by atoms with E-state index in [-0.39, 0.29) is 4.90 Å². The van der Waals surface area contributed by atoms with Crippen LogP contribution in [0.3, 0.4) is 0 Å². The molecular weight excluding hydrogens is 366 g/mol. The number of aryl methyl sites for hydroxylation is 2.